The van der Waals surface area contributed by atoms with E-state index < -0.39 is 11.9 Å². The second-order valence-corrected chi connectivity index (χ2v) is 10.1. The van der Waals surface area contributed by atoms with Gasteiger partial charge in [-0.05, 0) is 35.7 Å². The van der Waals surface area contributed by atoms with Gasteiger partial charge in [-0.3, -0.25) is 14.4 Å². The lowest BCUT2D eigenvalue weighted by Gasteiger charge is -2.38. The average Bonchev–Trinajstić information content (AvgIpc) is 2.83. The fraction of sp³-hybridized carbons (Fsp3) is 0.625. The Hall–Kier alpha value is -2.37. The number of benzene rings is 1. The van der Waals surface area contributed by atoms with Crippen LogP contribution in [-0.4, -0.2) is 53.2 Å². The van der Waals surface area contributed by atoms with Gasteiger partial charge < -0.3 is 15.5 Å². The molecule has 2 saturated heterocycles. The van der Waals surface area contributed by atoms with Gasteiger partial charge in [-0.15, -0.1) is 0 Å². The van der Waals surface area contributed by atoms with Crippen LogP contribution in [0.5, 0.6) is 0 Å². The average molecular weight is 414 g/mol. The van der Waals surface area contributed by atoms with Crippen molar-refractivity contribution in [2.45, 2.75) is 58.9 Å². The molecule has 1 aromatic carbocycles. The predicted molar refractivity (Wildman–Crippen MR) is 116 cm³/mol. The number of hydrogen-bond donors (Lipinski definition) is 1. The molecule has 6 nitrogen and oxygen atoms in total. The van der Waals surface area contributed by atoms with E-state index in [0.29, 0.717) is 44.8 Å². The summed E-state index contributed by atoms with van der Waals surface area (Å²) in [7, 11) is 0. The SMILES string of the molecule is CC(C)(C)CC(=O)N1CC[C@H]2CC(=O)N([C@@H](Cc3ccccc3)C(N)=O)CC[C@H]2C1. The first kappa shape index (κ1) is 22.3. The van der Waals surface area contributed by atoms with Crippen molar-refractivity contribution in [1.29, 1.82) is 0 Å². The fourth-order valence-electron chi connectivity index (χ4n) is 4.77. The summed E-state index contributed by atoms with van der Waals surface area (Å²) >= 11 is 0. The van der Waals surface area contributed by atoms with Gasteiger partial charge in [0, 0.05) is 38.9 Å². The van der Waals surface area contributed by atoms with Crippen molar-refractivity contribution >= 4 is 17.7 Å². The van der Waals surface area contributed by atoms with Crippen LogP contribution in [0.15, 0.2) is 30.3 Å². The largest absolute Gasteiger partial charge is 0.368 e. The molecule has 0 unspecified atom stereocenters. The van der Waals surface area contributed by atoms with Gasteiger partial charge in [0.05, 0.1) is 0 Å². The van der Waals surface area contributed by atoms with Crippen LogP contribution >= 0.6 is 0 Å². The number of nitrogens with zero attached hydrogens (tertiary/aromatic N) is 2. The molecule has 0 aliphatic carbocycles. The Morgan fingerprint density at radius 3 is 2.40 bits per heavy atom. The van der Waals surface area contributed by atoms with E-state index in [2.05, 4.69) is 20.8 Å². The summed E-state index contributed by atoms with van der Waals surface area (Å²) in [6.45, 7) is 8.18. The molecule has 164 valence electrons. The molecule has 0 bridgehead atoms. The van der Waals surface area contributed by atoms with Crippen molar-refractivity contribution in [2.75, 3.05) is 19.6 Å². The highest BCUT2D eigenvalue weighted by atomic mass is 16.2. The van der Waals surface area contributed by atoms with Crippen LogP contribution < -0.4 is 5.73 Å². The number of piperidine rings is 1. The minimum atomic E-state index is -0.626. The zero-order valence-electron chi connectivity index (χ0n) is 18.5. The molecule has 3 atom stereocenters. The van der Waals surface area contributed by atoms with Gasteiger partial charge >= 0.3 is 0 Å². The first-order chi connectivity index (χ1) is 14.1. The summed E-state index contributed by atoms with van der Waals surface area (Å²) in [5, 5.41) is 0. The van der Waals surface area contributed by atoms with E-state index >= 15 is 0 Å². The summed E-state index contributed by atoms with van der Waals surface area (Å²) in [5.74, 6) is 0.316. The Morgan fingerprint density at radius 1 is 1.10 bits per heavy atom. The Balaban J connectivity index is 1.68. The smallest absolute Gasteiger partial charge is 0.240 e. The van der Waals surface area contributed by atoms with Crippen molar-refractivity contribution in [1.82, 2.24) is 9.80 Å². The van der Waals surface area contributed by atoms with E-state index in [1.54, 1.807) is 4.90 Å². The quantitative estimate of drug-likeness (QED) is 0.805. The first-order valence-electron chi connectivity index (χ1n) is 11.0. The Morgan fingerprint density at radius 2 is 1.77 bits per heavy atom. The molecule has 0 aromatic heterocycles. The third-order valence-corrected chi connectivity index (χ3v) is 6.40. The third-order valence-electron chi connectivity index (χ3n) is 6.40. The van der Waals surface area contributed by atoms with Crippen LogP contribution in [-0.2, 0) is 20.8 Å². The number of carbonyl (C=O) groups excluding carboxylic acids is 3. The minimum Gasteiger partial charge on any atom is -0.368 e. The fourth-order valence-corrected chi connectivity index (χ4v) is 4.77. The summed E-state index contributed by atoms with van der Waals surface area (Å²) in [6.07, 6.45) is 3.06. The molecule has 2 N–H and O–H groups in total. The second kappa shape index (κ2) is 9.19. The predicted octanol–water partition coefficient (Wildman–Crippen LogP) is 2.61. The lowest BCUT2D eigenvalue weighted by atomic mass is 9.81. The molecule has 2 aliphatic rings. The number of likely N-dealkylation sites (tertiary alicyclic amines) is 2. The van der Waals surface area contributed by atoms with Gasteiger partial charge in [0.15, 0.2) is 0 Å². The highest BCUT2D eigenvalue weighted by Crippen LogP contribution is 2.34. The van der Waals surface area contributed by atoms with E-state index in [4.69, 9.17) is 5.73 Å². The molecule has 30 heavy (non-hydrogen) atoms. The van der Waals surface area contributed by atoms with E-state index in [-0.39, 0.29) is 23.1 Å². The zero-order chi connectivity index (χ0) is 21.9. The standard InChI is InChI=1S/C24H35N3O3/c1-24(2,3)15-22(29)26-11-9-18-14-21(28)27(12-10-19(18)16-26)20(23(25)30)13-17-7-5-4-6-8-17/h4-8,18-20H,9-16H2,1-3H3,(H2,25,30)/t18-,19-,20-/m0/s1. The van der Waals surface area contributed by atoms with Gasteiger partial charge in [0.25, 0.3) is 0 Å². The van der Waals surface area contributed by atoms with E-state index in [0.717, 1.165) is 18.4 Å². The van der Waals surface area contributed by atoms with Crippen molar-refractivity contribution in [2.24, 2.45) is 23.0 Å². The normalized spacial score (nSPS) is 23.5. The second-order valence-electron chi connectivity index (χ2n) is 10.1. The maximum atomic E-state index is 13.0. The molecule has 0 saturated carbocycles. The van der Waals surface area contributed by atoms with Crippen molar-refractivity contribution in [3.8, 4) is 0 Å². The number of carbonyl (C=O) groups is 3. The summed E-state index contributed by atoms with van der Waals surface area (Å²) in [5.41, 5.74) is 6.67. The van der Waals surface area contributed by atoms with Crippen LogP contribution in [0.4, 0.5) is 0 Å². The molecule has 1 aromatic rings. The van der Waals surface area contributed by atoms with Gasteiger partial charge in [-0.2, -0.15) is 0 Å². The maximum absolute atomic E-state index is 13.0. The molecule has 6 heteroatoms. The molecule has 3 amide bonds. The number of rotatable bonds is 5. The highest BCUT2D eigenvalue weighted by molar-refractivity contribution is 5.87. The molecular formula is C24H35N3O3. The van der Waals surface area contributed by atoms with Crippen molar-refractivity contribution in [3.05, 3.63) is 35.9 Å². The molecule has 2 aliphatic heterocycles. The molecule has 0 radical (unpaired) electrons. The lowest BCUT2D eigenvalue weighted by molar-refractivity contribution is -0.139. The topological polar surface area (TPSA) is 83.7 Å². The van der Waals surface area contributed by atoms with Crippen LogP contribution in [0, 0.1) is 17.3 Å². The Labute approximate surface area is 179 Å². The summed E-state index contributed by atoms with van der Waals surface area (Å²) in [6, 6.07) is 9.06. The Bertz CT molecular complexity index is 772. The number of primary amides is 1. The van der Waals surface area contributed by atoms with Crippen LogP contribution in [0.25, 0.3) is 0 Å². The summed E-state index contributed by atoms with van der Waals surface area (Å²) < 4.78 is 0. The number of fused-ring (bicyclic) bond motifs is 1. The number of nitrogens with two attached hydrogens (primary N) is 1. The third kappa shape index (κ3) is 5.61. The van der Waals surface area contributed by atoms with Crippen molar-refractivity contribution < 1.29 is 14.4 Å². The van der Waals surface area contributed by atoms with Gasteiger partial charge in [0.1, 0.15) is 6.04 Å². The van der Waals surface area contributed by atoms with Crippen LogP contribution in [0.2, 0.25) is 0 Å². The van der Waals surface area contributed by atoms with Gasteiger partial charge in [-0.25, -0.2) is 0 Å². The molecule has 3 rings (SSSR count). The van der Waals surface area contributed by atoms with Crippen LogP contribution in [0.3, 0.4) is 0 Å². The molecule has 2 fully saturated rings. The van der Waals surface area contributed by atoms with Gasteiger partial charge in [-0.1, -0.05) is 51.1 Å². The molecular weight excluding hydrogens is 378 g/mol. The number of hydrogen-bond acceptors (Lipinski definition) is 3. The monoisotopic (exact) mass is 413 g/mol. The molecule has 2 heterocycles. The van der Waals surface area contributed by atoms with Gasteiger partial charge in [0.2, 0.25) is 17.7 Å². The van der Waals surface area contributed by atoms with E-state index in [1.165, 1.54) is 0 Å². The van der Waals surface area contributed by atoms with Crippen molar-refractivity contribution in [3.63, 3.8) is 0 Å². The number of amides is 3. The van der Waals surface area contributed by atoms with E-state index in [9.17, 15) is 14.4 Å². The maximum Gasteiger partial charge on any atom is 0.240 e. The summed E-state index contributed by atoms with van der Waals surface area (Å²) in [4.78, 5) is 41.6. The highest BCUT2D eigenvalue weighted by Gasteiger charge is 2.39. The van der Waals surface area contributed by atoms with Crippen LogP contribution in [0.1, 0.15) is 52.0 Å². The molecule has 0 spiro atoms. The van der Waals surface area contributed by atoms with E-state index in [1.807, 2.05) is 35.2 Å². The lowest BCUT2D eigenvalue weighted by Crippen LogP contribution is -2.49. The zero-order valence-corrected chi connectivity index (χ0v) is 18.5. The first-order valence-corrected chi connectivity index (χ1v) is 11.0. The minimum absolute atomic E-state index is 0.0108. The Kier molecular flexibility index (Phi) is 6.84.